The lowest BCUT2D eigenvalue weighted by molar-refractivity contribution is -0.144. The number of carbonyl (C=O) groups is 2. The van der Waals surface area contributed by atoms with Gasteiger partial charge < -0.3 is 14.7 Å². The van der Waals surface area contributed by atoms with Crippen LogP contribution in [0.1, 0.15) is 18.4 Å². The van der Waals surface area contributed by atoms with E-state index >= 15 is 0 Å². The molecule has 2 fully saturated rings. The summed E-state index contributed by atoms with van der Waals surface area (Å²) in [6.45, 7) is 3.96. The molecule has 2 heterocycles. The first-order valence-electron chi connectivity index (χ1n) is 8.50. The number of likely N-dealkylation sites (N-methyl/N-ethyl adjacent to an activating group) is 1. The fourth-order valence-corrected chi connectivity index (χ4v) is 3.76. The molecule has 0 atom stereocenters. The Labute approximate surface area is 136 Å². The van der Waals surface area contributed by atoms with E-state index in [2.05, 4.69) is 18.0 Å². The molecule has 4 rings (SSSR count). The van der Waals surface area contributed by atoms with Crippen molar-refractivity contribution in [2.75, 3.05) is 44.7 Å². The highest BCUT2D eigenvalue weighted by atomic mass is 16.2. The van der Waals surface area contributed by atoms with Crippen molar-refractivity contribution < 1.29 is 9.59 Å². The molecule has 3 aliphatic rings. The van der Waals surface area contributed by atoms with Gasteiger partial charge >= 0.3 is 0 Å². The number of amides is 2. The van der Waals surface area contributed by atoms with Crippen LogP contribution in [0, 0.1) is 5.41 Å². The summed E-state index contributed by atoms with van der Waals surface area (Å²) in [6, 6.07) is 8.04. The van der Waals surface area contributed by atoms with Gasteiger partial charge in [0.2, 0.25) is 11.8 Å². The van der Waals surface area contributed by atoms with Crippen LogP contribution in [-0.2, 0) is 16.0 Å². The minimum atomic E-state index is -0.770. The first-order chi connectivity index (χ1) is 11.1. The topological polar surface area (TPSA) is 43.9 Å². The summed E-state index contributed by atoms with van der Waals surface area (Å²) in [4.78, 5) is 32.0. The maximum atomic E-state index is 13.1. The van der Waals surface area contributed by atoms with Crippen LogP contribution in [-0.4, -0.2) is 61.4 Å². The Morgan fingerprint density at radius 1 is 0.957 bits per heavy atom. The van der Waals surface area contributed by atoms with E-state index in [1.165, 1.54) is 5.56 Å². The maximum Gasteiger partial charge on any atom is 0.242 e. The van der Waals surface area contributed by atoms with Gasteiger partial charge in [-0.25, -0.2) is 0 Å². The molecule has 5 nitrogen and oxygen atoms in total. The summed E-state index contributed by atoms with van der Waals surface area (Å²) < 4.78 is 0. The Morgan fingerprint density at radius 2 is 1.65 bits per heavy atom. The molecule has 1 aromatic carbocycles. The Hall–Kier alpha value is -1.88. The molecule has 1 saturated carbocycles. The molecular formula is C18H23N3O2. The van der Waals surface area contributed by atoms with Crippen molar-refractivity contribution in [1.82, 2.24) is 9.80 Å². The highest BCUT2D eigenvalue weighted by Gasteiger charge is 2.60. The van der Waals surface area contributed by atoms with E-state index in [0.29, 0.717) is 19.4 Å². The summed E-state index contributed by atoms with van der Waals surface area (Å²) in [5.74, 6) is 0.0753. The lowest BCUT2D eigenvalue weighted by atomic mass is 10.0. The van der Waals surface area contributed by atoms with Gasteiger partial charge in [-0.3, -0.25) is 9.59 Å². The Kier molecular flexibility index (Phi) is 3.41. The fourth-order valence-electron chi connectivity index (χ4n) is 3.76. The molecule has 0 aromatic heterocycles. The molecule has 5 heteroatoms. The molecule has 1 saturated heterocycles. The van der Waals surface area contributed by atoms with Crippen molar-refractivity contribution in [3.05, 3.63) is 29.8 Å². The Balaban J connectivity index is 1.53. The van der Waals surface area contributed by atoms with Crippen molar-refractivity contribution in [3.63, 3.8) is 0 Å². The van der Waals surface area contributed by atoms with E-state index < -0.39 is 5.41 Å². The third-order valence-electron chi connectivity index (χ3n) is 5.49. The third kappa shape index (κ3) is 2.34. The van der Waals surface area contributed by atoms with E-state index in [9.17, 15) is 9.59 Å². The van der Waals surface area contributed by atoms with E-state index in [0.717, 1.165) is 38.3 Å². The van der Waals surface area contributed by atoms with Crippen molar-refractivity contribution in [1.29, 1.82) is 0 Å². The van der Waals surface area contributed by atoms with E-state index in [1.807, 2.05) is 28.0 Å². The molecular weight excluding hydrogens is 290 g/mol. The predicted octanol–water partition coefficient (Wildman–Crippen LogP) is 1.13. The summed E-state index contributed by atoms with van der Waals surface area (Å²) in [7, 11) is 2.07. The SMILES string of the molecule is CN1CCN(C(=O)C2(C(=O)N3CCc4ccccc43)CC2)CC1. The minimum Gasteiger partial charge on any atom is -0.339 e. The van der Waals surface area contributed by atoms with Gasteiger partial charge in [-0.15, -0.1) is 0 Å². The number of benzene rings is 1. The van der Waals surface area contributed by atoms with Gasteiger partial charge in [0.15, 0.2) is 0 Å². The number of para-hydroxylation sites is 1. The minimum absolute atomic E-state index is 0.0198. The molecule has 2 amide bonds. The Morgan fingerprint density at radius 3 is 2.35 bits per heavy atom. The second-order valence-electron chi connectivity index (χ2n) is 7.01. The van der Waals surface area contributed by atoms with Gasteiger partial charge in [0.1, 0.15) is 5.41 Å². The smallest absolute Gasteiger partial charge is 0.242 e. The normalized spacial score (nSPS) is 22.8. The maximum absolute atomic E-state index is 13.1. The molecule has 0 unspecified atom stereocenters. The number of rotatable bonds is 2. The molecule has 0 radical (unpaired) electrons. The zero-order valence-electron chi connectivity index (χ0n) is 13.6. The largest absolute Gasteiger partial charge is 0.339 e. The number of fused-ring (bicyclic) bond motifs is 1. The van der Waals surface area contributed by atoms with Crippen LogP contribution in [0.3, 0.4) is 0 Å². The second kappa shape index (κ2) is 5.34. The Bertz CT molecular complexity index is 645. The number of hydrogen-bond acceptors (Lipinski definition) is 3. The lowest BCUT2D eigenvalue weighted by Gasteiger charge is -2.35. The van der Waals surface area contributed by atoms with Gasteiger partial charge in [0.05, 0.1) is 0 Å². The van der Waals surface area contributed by atoms with Gasteiger partial charge in [0.25, 0.3) is 0 Å². The van der Waals surface area contributed by atoms with Crippen LogP contribution in [0.15, 0.2) is 24.3 Å². The van der Waals surface area contributed by atoms with Crippen LogP contribution in [0.4, 0.5) is 5.69 Å². The van der Waals surface area contributed by atoms with Crippen molar-refractivity contribution in [3.8, 4) is 0 Å². The lowest BCUT2D eigenvalue weighted by Crippen LogP contribution is -2.52. The van der Waals surface area contributed by atoms with E-state index in [1.54, 1.807) is 0 Å². The summed E-state index contributed by atoms with van der Waals surface area (Å²) in [6.07, 6.45) is 2.30. The summed E-state index contributed by atoms with van der Waals surface area (Å²) in [5.41, 5.74) is 1.44. The average Bonchev–Trinajstić information content (AvgIpc) is 3.28. The fraction of sp³-hybridized carbons (Fsp3) is 0.556. The van der Waals surface area contributed by atoms with Gasteiger partial charge in [-0.05, 0) is 37.9 Å². The first-order valence-corrected chi connectivity index (χ1v) is 8.50. The molecule has 122 valence electrons. The van der Waals surface area contributed by atoms with Gasteiger partial charge in [-0.1, -0.05) is 18.2 Å². The van der Waals surface area contributed by atoms with Crippen molar-refractivity contribution in [2.45, 2.75) is 19.3 Å². The highest BCUT2D eigenvalue weighted by molar-refractivity contribution is 6.14. The molecule has 2 aliphatic heterocycles. The second-order valence-corrected chi connectivity index (χ2v) is 7.01. The van der Waals surface area contributed by atoms with Crippen LogP contribution in [0.5, 0.6) is 0 Å². The number of carbonyl (C=O) groups excluding carboxylic acids is 2. The average molecular weight is 313 g/mol. The first kappa shape index (κ1) is 14.7. The number of hydrogen-bond donors (Lipinski definition) is 0. The number of anilines is 1. The van der Waals surface area contributed by atoms with Crippen LogP contribution < -0.4 is 4.90 Å². The summed E-state index contributed by atoms with van der Waals surface area (Å²) in [5, 5.41) is 0. The molecule has 23 heavy (non-hydrogen) atoms. The zero-order chi connectivity index (χ0) is 16.0. The monoisotopic (exact) mass is 313 g/mol. The molecule has 1 aliphatic carbocycles. The highest BCUT2D eigenvalue weighted by Crippen LogP contribution is 2.50. The van der Waals surface area contributed by atoms with Crippen LogP contribution in [0.2, 0.25) is 0 Å². The predicted molar refractivity (Wildman–Crippen MR) is 88.2 cm³/mol. The summed E-state index contributed by atoms with van der Waals surface area (Å²) >= 11 is 0. The molecule has 0 bridgehead atoms. The number of piperazine rings is 1. The quantitative estimate of drug-likeness (QED) is 0.769. The van der Waals surface area contributed by atoms with Crippen molar-refractivity contribution in [2.24, 2.45) is 5.41 Å². The van der Waals surface area contributed by atoms with E-state index in [-0.39, 0.29) is 11.8 Å². The van der Waals surface area contributed by atoms with Gasteiger partial charge in [-0.2, -0.15) is 0 Å². The third-order valence-corrected chi connectivity index (χ3v) is 5.49. The molecule has 0 N–H and O–H groups in total. The van der Waals surface area contributed by atoms with E-state index in [4.69, 9.17) is 0 Å². The standard InChI is InChI=1S/C18H23N3O2/c1-19-10-12-20(13-11-19)16(22)18(7-8-18)17(23)21-9-6-14-4-2-3-5-15(14)21/h2-5H,6-13H2,1H3. The molecule has 0 spiro atoms. The van der Waals surface area contributed by atoms with Crippen LogP contribution >= 0.6 is 0 Å². The zero-order valence-corrected chi connectivity index (χ0v) is 13.6. The van der Waals surface area contributed by atoms with Gasteiger partial charge in [0, 0.05) is 38.4 Å². The number of nitrogens with zero attached hydrogens (tertiary/aromatic N) is 3. The van der Waals surface area contributed by atoms with Crippen molar-refractivity contribution >= 4 is 17.5 Å². The molecule has 1 aromatic rings. The van der Waals surface area contributed by atoms with Crippen LogP contribution in [0.25, 0.3) is 0 Å².